The second-order valence-corrected chi connectivity index (χ2v) is 8.91. The number of nitrogens with zero attached hydrogens (tertiary/aromatic N) is 1. The van der Waals surface area contributed by atoms with Gasteiger partial charge in [-0.15, -0.1) is 0 Å². The second-order valence-electron chi connectivity index (χ2n) is 7.49. The van der Waals surface area contributed by atoms with Crippen molar-refractivity contribution < 1.29 is 14.1 Å². The van der Waals surface area contributed by atoms with E-state index in [2.05, 4.69) is 29.6 Å². The molecule has 158 valence electrons. The van der Waals surface area contributed by atoms with Gasteiger partial charge in [-0.3, -0.25) is 9.59 Å². The van der Waals surface area contributed by atoms with E-state index in [-0.39, 0.29) is 11.8 Å². The predicted octanol–water partition coefficient (Wildman–Crippen LogP) is 4.11. The molecule has 1 aliphatic heterocycles. The monoisotopic (exact) mass is 432 g/mol. The molecule has 1 atom stereocenters. The van der Waals surface area contributed by atoms with Gasteiger partial charge in [-0.1, -0.05) is 42.0 Å². The molecular formula is C25H24N2O3S. The summed E-state index contributed by atoms with van der Waals surface area (Å²) in [7, 11) is 0. The first-order chi connectivity index (χ1) is 15.0. The van der Waals surface area contributed by atoms with Crippen LogP contribution in [0.1, 0.15) is 38.8 Å². The van der Waals surface area contributed by atoms with E-state index >= 15 is 0 Å². The van der Waals surface area contributed by atoms with Crippen LogP contribution < -0.4 is 10.2 Å². The lowest BCUT2D eigenvalue weighted by Crippen LogP contribution is -2.31. The Labute approximate surface area is 185 Å². The number of fused-ring (bicyclic) bond motifs is 2. The number of hydrogen-bond donors (Lipinski definition) is 1. The SMILES string of the molecule is CCN1C(=O)c2ccccc2[S+]([O-])c2ccc(C(=O)NCCc3ccc(C)cc3)cc21. The average Bonchev–Trinajstić information content (AvgIpc) is 2.88. The van der Waals surface area contributed by atoms with E-state index in [4.69, 9.17) is 0 Å². The Morgan fingerprint density at radius 2 is 1.77 bits per heavy atom. The van der Waals surface area contributed by atoms with E-state index < -0.39 is 11.2 Å². The molecule has 1 heterocycles. The van der Waals surface area contributed by atoms with E-state index in [0.29, 0.717) is 39.7 Å². The molecule has 6 heteroatoms. The maximum absolute atomic E-state index is 13.2. The van der Waals surface area contributed by atoms with Gasteiger partial charge in [-0.05, 0) is 56.2 Å². The Kier molecular flexibility index (Phi) is 6.11. The summed E-state index contributed by atoms with van der Waals surface area (Å²) in [5.74, 6) is -0.423. The summed E-state index contributed by atoms with van der Waals surface area (Å²) in [6.45, 7) is 4.83. The molecule has 1 unspecified atom stereocenters. The van der Waals surface area contributed by atoms with Crippen LogP contribution in [0.3, 0.4) is 0 Å². The third-order valence-corrected chi connectivity index (χ3v) is 6.91. The maximum atomic E-state index is 13.2. The minimum atomic E-state index is -1.50. The third kappa shape index (κ3) is 4.22. The topological polar surface area (TPSA) is 72.5 Å². The molecule has 5 nitrogen and oxygen atoms in total. The first-order valence-electron chi connectivity index (χ1n) is 10.3. The van der Waals surface area contributed by atoms with Crippen molar-refractivity contribution in [2.45, 2.75) is 30.1 Å². The van der Waals surface area contributed by atoms with Gasteiger partial charge in [0.1, 0.15) is 5.69 Å². The van der Waals surface area contributed by atoms with E-state index in [9.17, 15) is 14.1 Å². The number of carbonyl (C=O) groups excluding carboxylic acids is 2. The number of anilines is 1. The highest BCUT2D eigenvalue weighted by Crippen LogP contribution is 2.37. The van der Waals surface area contributed by atoms with Crippen molar-refractivity contribution in [3.63, 3.8) is 0 Å². The largest absolute Gasteiger partial charge is 0.606 e. The van der Waals surface area contributed by atoms with Crippen LogP contribution in [0, 0.1) is 6.92 Å². The maximum Gasteiger partial charge on any atom is 0.263 e. The lowest BCUT2D eigenvalue weighted by atomic mass is 10.1. The van der Waals surface area contributed by atoms with Crippen molar-refractivity contribution in [3.8, 4) is 0 Å². The normalized spacial score (nSPS) is 15.1. The summed E-state index contributed by atoms with van der Waals surface area (Å²) in [4.78, 5) is 28.5. The molecule has 1 N–H and O–H groups in total. The van der Waals surface area contributed by atoms with Crippen LogP contribution in [-0.2, 0) is 17.6 Å². The summed E-state index contributed by atoms with van der Waals surface area (Å²) in [6, 6.07) is 20.2. The molecule has 0 bridgehead atoms. The molecule has 0 saturated carbocycles. The van der Waals surface area contributed by atoms with Gasteiger partial charge in [0.05, 0.1) is 5.56 Å². The fraction of sp³-hybridized carbons (Fsp3) is 0.200. The molecule has 3 aromatic carbocycles. The van der Waals surface area contributed by atoms with Crippen molar-refractivity contribution in [3.05, 3.63) is 89.0 Å². The molecule has 31 heavy (non-hydrogen) atoms. The molecule has 0 aromatic heterocycles. The van der Waals surface area contributed by atoms with Gasteiger partial charge < -0.3 is 14.8 Å². The number of amides is 2. The van der Waals surface area contributed by atoms with Crippen molar-refractivity contribution >= 4 is 28.7 Å². The highest BCUT2D eigenvalue weighted by molar-refractivity contribution is 7.91. The number of aryl methyl sites for hydroxylation is 1. The Bertz CT molecular complexity index is 1130. The average molecular weight is 433 g/mol. The van der Waals surface area contributed by atoms with Crippen molar-refractivity contribution in [2.75, 3.05) is 18.0 Å². The summed E-state index contributed by atoms with van der Waals surface area (Å²) in [5, 5.41) is 2.94. The molecule has 3 aromatic rings. The molecule has 0 spiro atoms. The number of nitrogens with one attached hydrogen (secondary N) is 1. The number of benzene rings is 3. The van der Waals surface area contributed by atoms with Gasteiger partial charge in [0.2, 0.25) is 0 Å². The summed E-state index contributed by atoms with van der Waals surface area (Å²) in [6.07, 6.45) is 0.732. The van der Waals surface area contributed by atoms with Crippen LogP contribution in [0.2, 0.25) is 0 Å². The van der Waals surface area contributed by atoms with Crippen LogP contribution in [0.15, 0.2) is 76.5 Å². The number of carbonyl (C=O) groups is 2. The number of rotatable bonds is 5. The molecule has 2 amide bonds. The van der Waals surface area contributed by atoms with Gasteiger partial charge in [-0.2, -0.15) is 0 Å². The van der Waals surface area contributed by atoms with Crippen LogP contribution in [0.25, 0.3) is 0 Å². The predicted molar refractivity (Wildman–Crippen MR) is 122 cm³/mol. The Morgan fingerprint density at radius 3 is 2.52 bits per heavy atom. The quantitative estimate of drug-likeness (QED) is 0.617. The summed E-state index contributed by atoms with van der Waals surface area (Å²) < 4.78 is 13.2. The third-order valence-electron chi connectivity index (χ3n) is 5.41. The zero-order valence-corrected chi connectivity index (χ0v) is 18.4. The summed E-state index contributed by atoms with van der Waals surface area (Å²) in [5.41, 5.74) is 3.75. The molecule has 4 rings (SSSR count). The van der Waals surface area contributed by atoms with Crippen LogP contribution in [0.5, 0.6) is 0 Å². The molecule has 0 saturated heterocycles. The van der Waals surface area contributed by atoms with Crippen LogP contribution >= 0.6 is 0 Å². The van der Waals surface area contributed by atoms with Crippen molar-refractivity contribution in [1.82, 2.24) is 5.32 Å². The molecule has 0 aliphatic carbocycles. The van der Waals surface area contributed by atoms with Gasteiger partial charge in [0, 0.05) is 29.8 Å². The van der Waals surface area contributed by atoms with E-state index in [1.807, 2.05) is 13.8 Å². The highest BCUT2D eigenvalue weighted by atomic mass is 32.2. The lowest BCUT2D eigenvalue weighted by Gasteiger charge is -2.20. The second kappa shape index (κ2) is 8.96. The first kappa shape index (κ1) is 21.2. The highest BCUT2D eigenvalue weighted by Gasteiger charge is 2.35. The molecule has 0 fully saturated rings. The van der Waals surface area contributed by atoms with Crippen molar-refractivity contribution in [2.24, 2.45) is 0 Å². The van der Waals surface area contributed by atoms with Crippen LogP contribution in [0.4, 0.5) is 5.69 Å². The van der Waals surface area contributed by atoms with Gasteiger partial charge in [0.15, 0.2) is 9.79 Å². The first-order valence-corrected chi connectivity index (χ1v) is 11.4. The zero-order chi connectivity index (χ0) is 22.0. The van der Waals surface area contributed by atoms with Crippen LogP contribution in [-0.4, -0.2) is 29.5 Å². The van der Waals surface area contributed by atoms with Crippen molar-refractivity contribution in [1.29, 1.82) is 0 Å². The standard InChI is InChI=1S/C25H24N2O3S/c1-3-27-21-16-19(24(28)26-15-14-18-10-8-17(2)9-11-18)12-13-23(21)31(30)22-7-5-4-6-20(22)25(27)29/h4-13,16H,3,14-15H2,1-2H3,(H,26,28). The molecule has 1 aliphatic rings. The van der Waals surface area contributed by atoms with Gasteiger partial charge in [-0.25, -0.2) is 0 Å². The number of hydrogen-bond acceptors (Lipinski definition) is 3. The molecular weight excluding hydrogens is 408 g/mol. The lowest BCUT2D eigenvalue weighted by molar-refractivity contribution is 0.0950. The van der Waals surface area contributed by atoms with E-state index in [1.165, 1.54) is 5.56 Å². The Morgan fingerprint density at radius 1 is 1.03 bits per heavy atom. The minimum absolute atomic E-state index is 0.206. The Hall–Kier alpha value is -3.09. The minimum Gasteiger partial charge on any atom is -0.606 e. The Balaban J connectivity index is 1.57. The van der Waals surface area contributed by atoms with E-state index in [0.717, 1.165) is 12.0 Å². The fourth-order valence-electron chi connectivity index (χ4n) is 3.70. The van der Waals surface area contributed by atoms with Gasteiger partial charge in [0.25, 0.3) is 11.8 Å². The zero-order valence-electron chi connectivity index (χ0n) is 17.6. The van der Waals surface area contributed by atoms with E-state index in [1.54, 1.807) is 47.4 Å². The smallest absolute Gasteiger partial charge is 0.263 e. The van der Waals surface area contributed by atoms with Gasteiger partial charge >= 0.3 is 0 Å². The fourth-order valence-corrected chi connectivity index (χ4v) is 5.04. The summed E-state index contributed by atoms with van der Waals surface area (Å²) >= 11 is -1.50. The molecule has 0 radical (unpaired) electrons.